The van der Waals surface area contributed by atoms with Gasteiger partial charge in [-0.2, -0.15) is 0 Å². The minimum atomic E-state index is 0. The predicted octanol–water partition coefficient (Wildman–Crippen LogP) is 2.64. The van der Waals surface area contributed by atoms with Gasteiger partial charge in [-0.3, -0.25) is 5.43 Å². The summed E-state index contributed by atoms with van der Waals surface area (Å²) in [7, 11) is 1.66. The second-order valence-electron chi connectivity index (χ2n) is 7.16. The van der Waals surface area contributed by atoms with Crippen LogP contribution in [0.4, 0.5) is 5.69 Å². The summed E-state index contributed by atoms with van der Waals surface area (Å²) >= 11 is 6.04. The third kappa shape index (κ3) is 3.67. The van der Waals surface area contributed by atoms with Crippen molar-refractivity contribution in [3.63, 3.8) is 0 Å². The molecule has 0 amide bonds. The van der Waals surface area contributed by atoms with Gasteiger partial charge in [0.05, 0.1) is 18.5 Å². The highest BCUT2D eigenvalue weighted by Crippen LogP contribution is 2.32. The van der Waals surface area contributed by atoms with Crippen molar-refractivity contribution in [2.75, 3.05) is 12.1 Å². The highest BCUT2D eigenvalue weighted by Gasteiger charge is 2.33. The molecular formula is C24H22ClN3O3. The van der Waals surface area contributed by atoms with E-state index in [0.717, 1.165) is 38.8 Å². The molecule has 0 saturated carbocycles. The van der Waals surface area contributed by atoms with Gasteiger partial charge in [-0.05, 0) is 42.0 Å². The highest BCUT2D eigenvalue weighted by molar-refractivity contribution is 6.30. The third-order valence-corrected chi connectivity index (χ3v) is 5.55. The predicted molar refractivity (Wildman–Crippen MR) is 122 cm³/mol. The van der Waals surface area contributed by atoms with E-state index in [1.165, 1.54) is 0 Å². The van der Waals surface area contributed by atoms with Crippen LogP contribution in [0, 0.1) is 0 Å². The van der Waals surface area contributed by atoms with Gasteiger partial charge in [0.25, 0.3) is 0 Å². The van der Waals surface area contributed by atoms with Crippen LogP contribution in [0.15, 0.2) is 84.4 Å². The zero-order valence-electron chi connectivity index (χ0n) is 16.8. The minimum Gasteiger partial charge on any atom is -0.497 e. The lowest BCUT2D eigenvalue weighted by atomic mass is 10.1. The van der Waals surface area contributed by atoms with Crippen LogP contribution in [0.3, 0.4) is 0 Å². The van der Waals surface area contributed by atoms with Gasteiger partial charge in [0.1, 0.15) is 11.4 Å². The molecule has 7 heteroatoms. The fourth-order valence-electron chi connectivity index (χ4n) is 3.79. The smallest absolute Gasteiger partial charge is 0.237 e. The summed E-state index contributed by atoms with van der Waals surface area (Å²) < 4.78 is 5.26. The Hall–Kier alpha value is -3.61. The van der Waals surface area contributed by atoms with Crippen molar-refractivity contribution in [3.8, 4) is 5.75 Å². The zero-order valence-corrected chi connectivity index (χ0v) is 17.6. The molecule has 158 valence electrons. The molecule has 0 spiro atoms. The maximum atomic E-state index is 11.2. The molecule has 0 aliphatic carbocycles. The lowest BCUT2D eigenvalue weighted by Crippen LogP contribution is -2.40. The van der Waals surface area contributed by atoms with E-state index in [-0.39, 0.29) is 11.4 Å². The average Bonchev–Trinajstić information content (AvgIpc) is 3.13. The average molecular weight is 436 g/mol. The van der Waals surface area contributed by atoms with E-state index in [1.807, 2.05) is 48.5 Å². The number of fused-ring (bicyclic) bond motifs is 2. The van der Waals surface area contributed by atoms with E-state index in [0.29, 0.717) is 11.6 Å². The quantitative estimate of drug-likeness (QED) is 0.658. The summed E-state index contributed by atoms with van der Waals surface area (Å²) in [6, 6.07) is 23.4. The van der Waals surface area contributed by atoms with Crippen LogP contribution >= 0.6 is 11.6 Å². The number of aliphatic hydroxyl groups is 1. The number of hydrogen-bond acceptors (Lipinski definition) is 5. The number of hydrazine groups is 1. The van der Waals surface area contributed by atoms with Gasteiger partial charge >= 0.3 is 0 Å². The molecule has 2 heterocycles. The Balaban J connectivity index is 0.00000231. The molecule has 5 rings (SSSR count). The van der Waals surface area contributed by atoms with Gasteiger partial charge in [0.2, 0.25) is 5.88 Å². The molecule has 0 bridgehead atoms. The van der Waals surface area contributed by atoms with E-state index in [4.69, 9.17) is 16.3 Å². The summed E-state index contributed by atoms with van der Waals surface area (Å²) in [6.07, 6.45) is 2.07. The lowest BCUT2D eigenvalue weighted by Gasteiger charge is -2.25. The van der Waals surface area contributed by atoms with Crippen LogP contribution < -0.4 is 25.6 Å². The second-order valence-corrected chi connectivity index (χ2v) is 7.60. The van der Waals surface area contributed by atoms with Crippen LogP contribution in [-0.2, 0) is 6.54 Å². The first-order valence-electron chi connectivity index (χ1n) is 9.61. The number of nitrogens with zero attached hydrogens (tertiary/aromatic N) is 2. The maximum Gasteiger partial charge on any atom is 0.237 e. The molecule has 0 radical (unpaired) electrons. The molecule has 0 unspecified atom stereocenters. The largest absolute Gasteiger partial charge is 0.497 e. The van der Waals surface area contributed by atoms with Crippen LogP contribution in [0.5, 0.6) is 5.75 Å². The minimum absolute atomic E-state index is 0. The number of methoxy groups -OCH3 is 1. The first-order valence-corrected chi connectivity index (χ1v) is 9.98. The van der Waals surface area contributed by atoms with Gasteiger partial charge < -0.3 is 20.2 Å². The summed E-state index contributed by atoms with van der Waals surface area (Å²) in [6.45, 7) is 0.608. The van der Waals surface area contributed by atoms with Crippen molar-refractivity contribution in [2.24, 2.45) is 0 Å². The van der Waals surface area contributed by atoms with Gasteiger partial charge in [-0.15, -0.1) is 0 Å². The topological polar surface area (TPSA) is 79.5 Å². The summed E-state index contributed by atoms with van der Waals surface area (Å²) in [4.78, 5) is 2.07. The number of benzene rings is 3. The molecule has 0 fully saturated rings. The molecule has 0 aromatic heterocycles. The van der Waals surface area contributed by atoms with Crippen LogP contribution in [0.2, 0.25) is 5.02 Å². The van der Waals surface area contributed by atoms with Crippen molar-refractivity contribution >= 4 is 29.2 Å². The number of aliphatic hydroxyl groups excluding tert-OH is 1. The normalized spacial score (nSPS) is 14.3. The number of ether oxygens (including phenoxy) is 1. The van der Waals surface area contributed by atoms with Gasteiger partial charge in [-0.25, -0.2) is 5.01 Å². The van der Waals surface area contributed by atoms with Crippen molar-refractivity contribution in [1.29, 1.82) is 0 Å². The first kappa shape index (κ1) is 20.7. The number of hydrogen-bond donors (Lipinski definition) is 2. The Morgan fingerprint density at radius 1 is 0.968 bits per heavy atom. The van der Waals surface area contributed by atoms with E-state index < -0.39 is 0 Å². The van der Waals surface area contributed by atoms with Crippen molar-refractivity contribution in [1.82, 2.24) is 10.3 Å². The Bertz CT molecular complexity index is 1250. The van der Waals surface area contributed by atoms with Gasteiger partial charge in [0.15, 0.2) is 0 Å². The van der Waals surface area contributed by atoms with Gasteiger partial charge in [-0.1, -0.05) is 48.0 Å². The molecule has 2 aliphatic rings. The van der Waals surface area contributed by atoms with Crippen LogP contribution in [0.1, 0.15) is 5.56 Å². The van der Waals surface area contributed by atoms with Crippen molar-refractivity contribution in [2.45, 2.75) is 6.54 Å². The van der Waals surface area contributed by atoms with E-state index >= 15 is 0 Å². The Morgan fingerprint density at radius 2 is 1.68 bits per heavy atom. The summed E-state index contributed by atoms with van der Waals surface area (Å²) in [5.74, 6) is 0.962. The highest BCUT2D eigenvalue weighted by atomic mass is 35.5. The Morgan fingerprint density at radius 3 is 2.39 bits per heavy atom. The second kappa shape index (κ2) is 8.26. The van der Waals surface area contributed by atoms with E-state index in [9.17, 15) is 5.11 Å². The molecule has 3 aromatic carbocycles. The Labute approximate surface area is 184 Å². The van der Waals surface area contributed by atoms with E-state index in [1.54, 1.807) is 24.3 Å². The number of halogens is 1. The van der Waals surface area contributed by atoms with Gasteiger partial charge in [0, 0.05) is 28.2 Å². The molecular weight excluding hydrogens is 414 g/mol. The standard InChI is InChI=1S/C24H20ClN3O2.H2O/c1-30-20-12-6-16(7-13-20)14-27-15-17-4-2-3-5-21(17)22-23(27)24(29)28(26-22)19-10-8-18(25)9-11-19;/h2-13,15,26,29H,14H2,1H3;1H2. The number of rotatable bonds is 4. The Kier molecular flexibility index (Phi) is 5.50. The molecule has 0 atom stereocenters. The number of nitrogens with one attached hydrogen (secondary N) is 1. The molecule has 6 nitrogen and oxygen atoms in total. The van der Waals surface area contributed by atoms with Crippen LogP contribution in [0.25, 0.3) is 11.9 Å². The van der Waals surface area contributed by atoms with Crippen molar-refractivity contribution in [3.05, 3.63) is 105 Å². The molecule has 31 heavy (non-hydrogen) atoms. The van der Waals surface area contributed by atoms with E-state index in [2.05, 4.69) is 28.7 Å². The SMILES string of the molecule is COc1ccc(CN2C=c3ccccc3=C3NN(c4ccc(Cl)cc4)C(O)=C32)cc1.O. The fraction of sp³-hybridized carbons (Fsp3) is 0.0833. The fourth-order valence-corrected chi connectivity index (χ4v) is 3.92. The first-order chi connectivity index (χ1) is 14.6. The zero-order chi connectivity index (χ0) is 20.7. The maximum absolute atomic E-state index is 11.2. The van der Waals surface area contributed by atoms with Crippen LogP contribution in [-0.4, -0.2) is 22.6 Å². The molecule has 4 N–H and O–H groups in total. The molecule has 2 aliphatic heterocycles. The van der Waals surface area contributed by atoms with Crippen molar-refractivity contribution < 1.29 is 15.3 Å². The monoisotopic (exact) mass is 435 g/mol. The number of anilines is 1. The molecule has 3 aromatic rings. The lowest BCUT2D eigenvalue weighted by molar-refractivity contribution is 0.367. The summed E-state index contributed by atoms with van der Waals surface area (Å²) in [5, 5.41) is 15.6. The summed E-state index contributed by atoms with van der Waals surface area (Å²) in [5.41, 5.74) is 6.88. The molecule has 0 saturated heterocycles. The third-order valence-electron chi connectivity index (χ3n) is 5.29.